The summed E-state index contributed by atoms with van der Waals surface area (Å²) >= 11 is 6.09. The molecule has 28 heavy (non-hydrogen) atoms. The van der Waals surface area contributed by atoms with Crippen LogP contribution in [0.3, 0.4) is 0 Å². The van der Waals surface area contributed by atoms with Crippen LogP contribution in [0.2, 0.25) is 5.02 Å². The number of halogens is 1. The van der Waals surface area contributed by atoms with Crippen molar-refractivity contribution < 1.29 is 9.53 Å². The maximum atomic E-state index is 12.5. The summed E-state index contributed by atoms with van der Waals surface area (Å²) in [7, 11) is 0. The Morgan fingerprint density at radius 2 is 1.71 bits per heavy atom. The summed E-state index contributed by atoms with van der Waals surface area (Å²) in [6.45, 7) is -0.163. The van der Waals surface area contributed by atoms with Crippen LogP contribution in [0.5, 0.6) is 5.75 Å². The van der Waals surface area contributed by atoms with Crippen molar-refractivity contribution in [3.8, 4) is 11.8 Å². The van der Waals surface area contributed by atoms with E-state index in [2.05, 4.69) is 5.32 Å². The molecule has 0 aromatic heterocycles. The second kappa shape index (κ2) is 9.59. The molecular formula is C23H19ClN2O2. The smallest absolute Gasteiger partial charge is 0.258 e. The van der Waals surface area contributed by atoms with Gasteiger partial charge < -0.3 is 10.1 Å². The van der Waals surface area contributed by atoms with E-state index in [1.165, 1.54) is 6.07 Å². The quantitative estimate of drug-likeness (QED) is 0.636. The van der Waals surface area contributed by atoms with Crippen molar-refractivity contribution in [1.29, 1.82) is 5.26 Å². The summed E-state index contributed by atoms with van der Waals surface area (Å²) in [6.07, 6.45) is 0.675. The topological polar surface area (TPSA) is 62.1 Å². The molecule has 0 aliphatic heterocycles. The molecule has 0 radical (unpaired) electrons. The SMILES string of the molecule is N#Cc1ccc(OCC(=O)N[C@H](Cc2ccccc2)c2ccccc2)c(Cl)c1. The summed E-state index contributed by atoms with van der Waals surface area (Å²) in [5.74, 6) is 0.125. The number of ether oxygens (including phenoxy) is 1. The van der Waals surface area contributed by atoms with Crippen LogP contribution in [0.1, 0.15) is 22.7 Å². The van der Waals surface area contributed by atoms with Gasteiger partial charge in [-0.2, -0.15) is 5.26 Å². The molecule has 3 aromatic carbocycles. The van der Waals surface area contributed by atoms with Gasteiger partial charge in [0.05, 0.1) is 22.7 Å². The largest absolute Gasteiger partial charge is 0.482 e. The number of nitriles is 1. The highest BCUT2D eigenvalue weighted by Crippen LogP contribution is 2.25. The van der Waals surface area contributed by atoms with Crippen molar-refractivity contribution in [2.24, 2.45) is 0 Å². The maximum absolute atomic E-state index is 12.5. The number of carbonyl (C=O) groups is 1. The van der Waals surface area contributed by atoms with E-state index < -0.39 is 0 Å². The minimum Gasteiger partial charge on any atom is -0.482 e. The van der Waals surface area contributed by atoms with Crippen molar-refractivity contribution >= 4 is 17.5 Å². The highest BCUT2D eigenvalue weighted by Gasteiger charge is 2.16. The number of amides is 1. The molecule has 140 valence electrons. The van der Waals surface area contributed by atoms with Crippen molar-refractivity contribution in [2.45, 2.75) is 12.5 Å². The number of benzene rings is 3. The molecule has 1 N–H and O–H groups in total. The van der Waals surface area contributed by atoms with Crippen LogP contribution in [-0.2, 0) is 11.2 Å². The van der Waals surface area contributed by atoms with Crippen LogP contribution in [-0.4, -0.2) is 12.5 Å². The van der Waals surface area contributed by atoms with E-state index in [9.17, 15) is 4.79 Å². The molecular weight excluding hydrogens is 372 g/mol. The van der Waals surface area contributed by atoms with E-state index in [0.717, 1.165) is 11.1 Å². The van der Waals surface area contributed by atoms with Crippen molar-refractivity contribution in [1.82, 2.24) is 5.32 Å². The first-order valence-electron chi connectivity index (χ1n) is 8.86. The van der Waals surface area contributed by atoms with E-state index in [1.807, 2.05) is 66.7 Å². The molecule has 0 unspecified atom stereocenters. The standard InChI is InChI=1S/C23H19ClN2O2/c24-20-13-18(15-25)11-12-22(20)28-16-23(27)26-21(19-9-5-2-6-10-19)14-17-7-3-1-4-8-17/h1-13,21H,14,16H2,(H,26,27)/t21-/m1/s1. The van der Waals surface area contributed by atoms with E-state index in [0.29, 0.717) is 22.8 Å². The molecule has 0 fully saturated rings. The van der Waals surface area contributed by atoms with Gasteiger partial charge in [0.1, 0.15) is 5.75 Å². The molecule has 1 amide bonds. The lowest BCUT2D eigenvalue weighted by Gasteiger charge is -2.20. The summed E-state index contributed by atoms with van der Waals surface area (Å²) < 4.78 is 5.53. The van der Waals surface area contributed by atoms with Crippen LogP contribution in [0.25, 0.3) is 0 Å². The Balaban J connectivity index is 1.66. The summed E-state index contributed by atoms with van der Waals surface area (Å²) in [5, 5.41) is 12.2. The third-order valence-corrected chi connectivity index (χ3v) is 4.53. The van der Waals surface area contributed by atoms with Crippen LogP contribution in [0.4, 0.5) is 0 Å². The highest BCUT2D eigenvalue weighted by molar-refractivity contribution is 6.32. The van der Waals surface area contributed by atoms with Gasteiger partial charge in [0.15, 0.2) is 6.61 Å². The van der Waals surface area contributed by atoms with Crippen LogP contribution in [0, 0.1) is 11.3 Å². The summed E-state index contributed by atoms with van der Waals surface area (Å²) in [6, 6.07) is 26.4. The Hall–Kier alpha value is -3.29. The first kappa shape index (κ1) is 19.5. The van der Waals surface area contributed by atoms with Crippen LogP contribution < -0.4 is 10.1 Å². The van der Waals surface area contributed by atoms with Gasteiger partial charge in [-0.25, -0.2) is 0 Å². The lowest BCUT2D eigenvalue weighted by Crippen LogP contribution is -2.33. The second-order valence-corrected chi connectivity index (χ2v) is 6.67. The minimum atomic E-state index is -0.245. The molecule has 5 heteroatoms. The third kappa shape index (κ3) is 5.35. The normalized spacial score (nSPS) is 11.3. The number of rotatable bonds is 7. The van der Waals surface area contributed by atoms with E-state index in [-0.39, 0.29) is 18.6 Å². The van der Waals surface area contributed by atoms with Crippen molar-refractivity contribution in [3.05, 3.63) is 101 Å². The fraction of sp³-hybridized carbons (Fsp3) is 0.130. The minimum absolute atomic E-state index is 0.163. The highest BCUT2D eigenvalue weighted by atomic mass is 35.5. The van der Waals surface area contributed by atoms with Gasteiger partial charge in [-0.05, 0) is 35.7 Å². The number of carbonyl (C=O) groups excluding carboxylic acids is 1. The van der Waals surface area contributed by atoms with Crippen LogP contribution >= 0.6 is 11.6 Å². The predicted octanol–water partition coefficient (Wildman–Crippen LogP) is 4.69. The van der Waals surface area contributed by atoms with Crippen LogP contribution in [0.15, 0.2) is 78.9 Å². The molecule has 0 aliphatic carbocycles. The van der Waals surface area contributed by atoms with Gasteiger partial charge in [-0.3, -0.25) is 4.79 Å². The molecule has 4 nitrogen and oxygen atoms in total. The van der Waals surface area contributed by atoms with Gasteiger partial charge in [0.25, 0.3) is 5.91 Å². The van der Waals surface area contributed by atoms with Gasteiger partial charge in [0, 0.05) is 0 Å². The Bertz CT molecular complexity index is 969. The molecule has 3 aromatic rings. The number of hydrogen-bond donors (Lipinski definition) is 1. The zero-order valence-electron chi connectivity index (χ0n) is 15.1. The third-order valence-electron chi connectivity index (χ3n) is 4.24. The Morgan fingerprint density at radius 3 is 2.36 bits per heavy atom. The molecule has 0 bridgehead atoms. The molecule has 0 saturated heterocycles. The first-order chi connectivity index (χ1) is 13.7. The van der Waals surface area contributed by atoms with Gasteiger partial charge in [0.2, 0.25) is 0 Å². The van der Waals surface area contributed by atoms with E-state index in [4.69, 9.17) is 21.6 Å². The van der Waals surface area contributed by atoms with Gasteiger partial charge in [-0.1, -0.05) is 72.3 Å². The fourth-order valence-electron chi connectivity index (χ4n) is 2.85. The zero-order chi connectivity index (χ0) is 19.8. The Labute approximate surface area is 169 Å². The predicted molar refractivity (Wildman–Crippen MR) is 109 cm³/mol. The molecule has 1 atom stereocenters. The van der Waals surface area contributed by atoms with Crippen molar-refractivity contribution in [3.63, 3.8) is 0 Å². The average molecular weight is 391 g/mol. The number of nitrogens with one attached hydrogen (secondary N) is 1. The summed E-state index contributed by atoms with van der Waals surface area (Å²) in [5.41, 5.74) is 2.60. The lowest BCUT2D eigenvalue weighted by atomic mass is 9.99. The first-order valence-corrected chi connectivity index (χ1v) is 9.24. The van der Waals surface area contributed by atoms with Gasteiger partial charge in [-0.15, -0.1) is 0 Å². The monoisotopic (exact) mass is 390 g/mol. The molecule has 3 rings (SSSR count). The summed E-state index contributed by atoms with van der Waals surface area (Å²) in [4.78, 5) is 12.5. The Morgan fingerprint density at radius 1 is 1.04 bits per heavy atom. The van der Waals surface area contributed by atoms with E-state index in [1.54, 1.807) is 12.1 Å². The zero-order valence-corrected chi connectivity index (χ0v) is 15.9. The molecule has 0 aliphatic rings. The molecule has 0 saturated carbocycles. The second-order valence-electron chi connectivity index (χ2n) is 6.27. The fourth-order valence-corrected chi connectivity index (χ4v) is 3.09. The van der Waals surface area contributed by atoms with E-state index >= 15 is 0 Å². The number of hydrogen-bond acceptors (Lipinski definition) is 3. The van der Waals surface area contributed by atoms with Crippen molar-refractivity contribution in [2.75, 3.05) is 6.61 Å². The van der Waals surface area contributed by atoms with Gasteiger partial charge >= 0.3 is 0 Å². The lowest BCUT2D eigenvalue weighted by molar-refractivity contribution is -0.123. The Kier molecular flexibility index (Phi) is 6.67. The molecule has 0 spiro atoms. The average Bonchev–Trinajstić information content (AvgIpc) is 2.73. The number of nitrogens with zero attached hydrogens (tertiary/aromatic N) is 1. The maximum Gasteiger partial charge on any atom is 0.258 e. The molecule has 0 heterocycles.